The molecule has 0 saturated heterocycles. The second-order valence-electron chi connectivity index (χ2n) is 6.24. The normalized spacial score (nSPS) is 13.6. The summed E-state index contributed by atoms with van der Waals surface area (Å²) in [4.78, 5) is 31.9. The topological polar surface area (TPSA) is 85.3 Å². The van der Waals surface area contributed by atoms with Crippen molar-refractivity contribution in [2.45, 2.75) is 19.5 Å². The minimum Gasteiger partial charge on any atom is -0.396 e. The predicted octanol–water partition coefficient (Wildman–Crippen LogP) is 1.08. The highest BCUT2D eigenvalue weighted by atomic mass is 35.5. The number of anilines is 2. The van der Waals surface area contributed by atoms with Gasteiger partial charge in [0.15, 0.2) is 11.2 Å². The molecule has 0 fully saturated rings. The number of halogens is 1. The van der Waals surface area contributed by atoms with Crippen LogP contribution in [0.25, 0.3) is 11.2 Å². The predicted molar refractivity (Wildman–Crippen MR) is 99.4 cm³/mol. The lowest BCUT2D eigenvalue weighted by Gasteiger charge is -2.16. The molecule has 9 heteroatoms. The van der Waals surface area contributed by atoms with Crippen LogP contribution >= 0.6 is 11.6 Å². The molecule has 0 saturated carbocycles. The van der Waals surface area contributed by atoms with Gasteiger partial charge in [0.2, 0.25) is 5.95 Å². The summed E-state index contributed by atoms with van der Waals surface area (Å²) in [6.45, 7) is 1.35. The Morgan fingerprint density at radius 1 is 1.27 bits per heavy atom. The van der Waals surface area contributed by atoms with Crippen LogP contribution in [-0.2, 0) is 20.1 Å². The van der Waals surface area contributed by atoms with Gasteiger partial charge in [-0.1, -0.05) is 17.7 Å². The van der Waals surface area contributed by atoms with E-state index in [2.05, 4.69) is 4.98 Å². The first-order chi connectivity index (χ1) is 12.5. The molecular weight excluding hydrogens is 358 g/mol. The molecule has 3 heterocycles. The van der Waals surface area contributed by atoms with Crippen molar-refractivity contribution in [2.24, 2.45) is 7.05 Å². The third-order valence-corrected chi connectivity index (χ3v) is 4.90. The molecule has 4 rings (SSSR count). The summed E-state index contributed by atoms with van der Waals surface area (Å²) in [5, 5.41) is 9.65. The van der Waals surface area contributed by atoms with E-state index < -0.39 is 5.69 Å². The largest absolute Gasteiger partial charge is 0.396 e. The Morgan fingerprint density at radius 2 is 2.08 bits per heavy atom. The lowest BCUT2D eigenvalue weighted by atomic mass is 10.3. The second-order valence-corrected chi connectivity index (χ2v) is 6.68. The van der Waals surface area contributed by atoms with Gasteiger partial charge < -0.3 is 14.6 Å². The Bertz CT molecular complexity index is 1110. The maximum Gasteiger partial charge on any atom is 0.332 e. The van der Waals surface area contributed by atoms with Gasteiger partial charge >= 0.3 is 5.69 Å². The number of aliphatic hydroxyl groups excluding tert-OH is 1. The highest BCUT2D eigenvalue weighted by Crippen LogP contribution is 2.32. The lowest BCUT2D eigenvalue weighted by Crippen LogP contribution is -2.39. The van der Waals surface area contributed by atoms with Crippen molar-refractivity contribution in [1.29, 1.82) is 0 Å². The van der Waals surface area contributed by atoms with E-state index >= 15 is 0 Å². The van der Waals surface area contributed by atoms with Crippen molar-refractivity contribution >= 4 is 34.4 Å². The molecule has 136 valence electrons. The Labute approximate surface area is 153 Å². The molecule has 0 aliphatic carbocycles. The molecule has 0 spiro atoms. The summed E-state index contributed by atoms with van der Waals surface area (Å²) in [6.07, 6.45) is 0.344. The number of imidazole rings is 1. The number of fused-ring (bicyclic) bond motifs is 3. The molecule has 3 aromatic rings. The van der Waals surface area contributed by atoms with E-state index in [4.69, 9.17) is 16.7 Å². The van der Waals surface area contributed by atoms with Gasteiger partial charge in [-0.2, -0.15) is 4.98 Å². The summed E-state index contributed by atoms with van der Waals surface area (Å²) in [5.41, 5.74) is 0.856. The van der Waals surface area contributed by atoms with Crippen molar-refractivity contribution in [3.63, 3.8) is 0 Å². The van der Waals surface area contributed by atoms with Crippen LogP contribution in [0.5, 0.6) is 0 Å². The molecule has 0 bridgehead atoms. The molecule has 0 radical (unpaired) electrons. The zero-order valence-corrected chi connectivity index (χ0v) is 15.0. The van der Waals surface area contributed by atoms with Gasteiger partial charge in [-0.3, -0.25) is 13.9 Å². The van der Waals surface area contributed by atoms with E-state index in [0.29, 0.717) is 41.6 Å². The molecular formula is C17H18ClN5O3. The molecule has 26 heavy (non-hydrogen) atoms. The number of rotatable bonds is 4. The Hall–Kier alpha value is -2.58. The second kappa shape index (κ2) is 6.30. The number of hydrogen-bond donors (Lipinski definition) is 1. The van der Waals surface area contributed by atoms with Crippen molar-refractivity contribution in [3.05, 3.63) is 50.1 Å². The Morgan fingerprint density at radius 3 is 2.81 bits per heavy atom. The maximum absolute atomic E-state index is 12.9. The van der Waals surface area contributed by atoms with E-state index in [1.54, 1.807) is 13.1 Å². The monoisotopic (exact) mass is 375 g/mol. The van der Waals surface area contributed by atoms with Gasteiger partial charge in [0.1, 0.15) is 0 Å². The Balaban J connectivity index is 1.92. The molecule has 1 aliphatic heterocycles. The summed E-state index contributed by atoms with van der Waals surface area (Å²) in [6, 6.07) is 7.43. The quantitative estimate of drug-likeness (QED) is 0.737. The van der Waals surface area contributed by atoms with Crippen LogP contribution in [0.2, 0.25) is 5.02 Å². The minimum atomic E-state index is -0.429. The molecule has 1 aromatic carbocycles. The summed E-state index contributed by atoms with van der Waals surface area (Å²) in [5.74, 6) is 0.620. The van der Waals surface area contributed by atoms with Crippen LogP contribution in [0.1, 0.15) is 6.42 Å². The molecule has 0 unspecified atom stereocenters. The third kappa shape index (κ3) is 2.45. The van der Waals surface area contributed by atoms with E-state index in [-0.39, 0.29) is 18.7 Å². The summed E-state index contributed by atoms with van der Waals surface area (Å²) < 4.78 is 4.39. The zero-order chi connectivity index (χ0) is 18.4. The standard InChI is InChI=1S/C17H18ClN5O3/c1-20-14-13(15(25)23(17(20)26)6-3-9-24)22-8-7-21(16(22)19-14)12-5-2-4-11(18)10-12/h2,4-5,10,24H,3,6-9H2,1H3. The number of aromatic nitrogens is 4. The van der Waals surface area contributed by atoms with E-state index in [1.165, 1.54) is 4.57 Å². The highest BCUT2D eigenvalue weighted by molar-refractivity contribution is 6.30. The van der Waals surface area contributed by atoms with Gasteiger partial charge in [-0.15, -0.1) is 0 Å². The minimum absolute atomic E-state index is 0.0827. The molecule has 2 aromatic heterocycles. The first-order valence-electron chi connectivity index (χ1n) is 8.37. The fraction of sp³-hybridized carbons (Fsp3) is 0.353. The van der Waals surface area contributed by atoms with Gasteiger partial charge in [-0.05, 0) is 24.6 Å². The van der Waals surface area contributed by atoms with Gasteiger partial charge in [-0.25, -0.2) is 4.79 Å². The van der Waals surface area contributed by atoms with Gasteiger partial charge in [0.05, 0.1) is 0 Å². The fourth-order valence-corrected chi connectivity index (χ4v) is 3.58. The van der Waals surface area contributed by atoms with E-state index in [1.807, 2.05) is 27.7 Å². The molecule has 8 nitrogen and oxygen atoms in total. The van der Waals surface area contributed by atoms with Crippen molar-refractivity contribution in [1.82, 2.24) is 18.7 Å². The Kier molecular flexibility index (Phi) is 4.08. The van der Waals surface area contributed by atoms with Crippen LogP contribution in [0.15, 0.2) is 33.9 Å². The molecule has 1 N–H and O–H groups in total. The zero-order valence-electron chi connectivity index (χ0n) is 14.2. The van der Waals surface area contributed by atoms with Crippen molar-refractivity contribution in [2.75, 3.05) is 18.1 Å². The average Bonchev–Trinajstić information content (AvgIpc) is 3.19. The number of hydrogen-bond acceptors (Lipinski definition) is 5. The summed E-state index contributed by atoms with van der Waals surface area (Å²) in [7, 11) is 1.60. The SMILES string of the molecule is Cn1c(=O)n(CCCO)c(=O)c2c1nc1n2CCN1c1cccc(Cl)c1. The third-order valence-electron chi connectivity index (χ3n) is 4.66. The fourth-order valence-electron chi connectivity index (χ4n) is 3.39. The van der Waals surface area contributed by atoms with Gasteiger partial charge in [0, 0.05) is 44.0 Å². The maximum atomic E-state index is 12.9. The number of aliphatic hydroxyl groups is 1. The summed E-state index contributed by atoms with van der Waals surface area (Å²) >= 11 is 6.10. The number of nitrogens with zero attached hydrogens (tertiary/aromatic N) is 5. The van der Waals surface area contributed by atoms with E-state index in [9.17, 15) is 9.59 Å². The number of aryl methyl sites for hydroxylation is 1. The van der Waals surface area contributed by atoms with Crippen LogP contribution in [0, 0.1) is 0 Å². The number of benzene rings is 1. The molecule has 0 amide bonds. The highest BCUT2D eigenvalue weighted by Gasteiger charge is 2.28. The first-order valence-corrected chi connectivity index (χ1v) is 8.74. The van der Waals surface area contributed by atoms with Crippen LogP contribution < -0.4 is 16.1 Å². The average molecular weight is 376 g/mol. The van der Waals surface area contributed by atoms with Gasteiger partial charge in [0.25, 0.3) is 5.56 Å². The molecule has 1 aliphatic rings. The first kappa shape index (κ1) is 16.9. The molecule has 0 atom stereocenters. The van der Waals surface area contributed by atoms with Crippen molar-refractivity contribution in [3.8, 4) is 0 Å². The van der Waals surface area contributed by atoms with Crippen LogP contribution in [-0.4, -0.2) is 36.9 Å². The van der Waals surface area contributed by atoms with E-state index in [0.717, 1.165) is 10.3 Å². The smallest absolute Gasteiger partial charge is 0.332 e. The van der Waals surface area contributed by atoms with Crippen molar-refractivity contribution < 1.29 is 5.11 Å². The lowest BCUT2D eigenvalue weighted by molar-refractivity contribution is 0.277. The van der Waals surface area contributed by atoms with Crippen LogP contribution in [0.3, 0.4) is 0 Å². The van der Waals surface area contributed by atoms with Crippen LogP contribution in [0.4, 0.5) is 11.6 Å².